The van der Waals surface area contributed by atoms with E-state index in [4.69, 9.17) is 0 Å². The van der Waals surface area contributed by atoms with Crippen LogP contribution in [0.15, 0.2) is 54.7 Å². The van der Waals surface area contributed by atoms with Gasteiger partial charge in [0.05, 0.1) is 22.2 Å². The number of rotatable bonds is 6. The van der Waals surface area contributed by atoms with Crippen molar-refractivity contribution in [1.82, 2.24) is 18.5 Å². The molecule has 3 heterocycles. The summed E-state index contributed by atoms with van der Waals surface area (Å²) in [6.07, 6.45) is 2.64. The normalized spacial score (nSPS) is 18.3. The molecule has 2 saturated heterocycles. The number of piperazine rings is 1. The Morgan fingerprint density at radius 3 is 2.20 bits per heavy atom. The lowest BCUT2D eigenvalue weighted by Crippen LogP contribution is -2.53. The minimum absolute atomic E-state index is 0.103. The van der Waals surface area contributed by atoms with Crippen LogP contribution in [0.4, 0.5) is 10.1 Å². The smallest absolute Gasteiger partial charge is 0.281 e. The highest BCUT2D eigenvalue weighted by atomic mass is 32.2. The lowest BCUT2D eigenvalue weighted by Gasteiger charge is -2.42. The van der Waals surface area contributed by atoms with Crippen molar-refractivity contribution in [2.45, 2.75) is 25.2 Å². The first-order valence-corrected chi connectivity index (χ1v) is 14.8. The van der Waals surface area contributed by atoms with Gasteiger partial charge in [0.15, 0.2) is 0 Å². The summed E-state index contributed by atoms with van der Waals surface area (Å²) in [6, 6.07) is 14.1. The van der Waals surface area contributed by atoms with E-state index in [2.05, 4.69) is 9.88 Å². The highest BCUT2D eigenvalue weighted by Gasteiger charge is 2.41. The van der Waals surface area contributed by atoms with Crippen molar-refractivity contribution in [3.05, 3.63) is 71.7 Å². The zero-order valence-electron chi connectivity index (χ0n) is 23.0. The number of Topliss-reactive ketones (excluding diaryl/α,β-unsaturated/α-hetero) is 1. The van der Waals surface area contributed by atoms with E-state index < -0.39 is 21.4 Å². The van der Waals surface area contributed by atoms with Gasteiger partial charge in [0.1, 0.15) is 11.6 Å². The van der Waals surface area contributed by atoms with Crippen molar-refractivity contribution < 1.29 is 22.4 Å². The van der Waals surface area contributed by atoms with Crippen LogP contribution in [0.3, 0.4) is 0 Å². The number of carbonyl (C=O) groups is 2. The number of carbonyl (C=O) groups excluding carboxylic acids is 2. The largest absolute Gasteiger partial charge is 0.370 e. The number of piperidine rings is 1. The zero-order valence-corrected chi connectivity index (χ0v) is 23.8. The standard InChI is InChI=1S/C29H34FN5O4S/c1-21(36)29(22-7-5-4-6-8-22)11-13-33(14-12-29)27-24-19-23(30)9-10-26(24)31-20-25(27)28(37)34-15-17-35(18-16-34)40(38,39)32(2)3/h4-10,19-20H,11-18H2,1-3H3. The number of ketones is 1. The van der Waals surface area contributed by atoms with E-state index in [-0.39, 0.29) is 37.9 Å². The molecule has 40 heavy (non-hydrogen) atoms. The van der Waals surface area contributed by atoms with Crippen molar-refractivity contribution in [3.63, 3.8) is 0 Å². The van der Waals surface area contributed by atoms with Crippen LogP contribution in [0, 0.1) is 5.82 Å². The van der Waals surface area contributed by atoms with E-state index in [1.165, 1.54) is 36.7 Å². The first-order valence-electron chi connectivity index (χ1n) is 13.4. The molecular formula is C29H34FN5O4S. The fourth-order valence-electron chi connectivity index (χ4n) is 5.88. The summed E-state index contributed by atoms with van der Waals surface area (Å²) in [6.45, 7) is 3.45. The van der Waals surface area contributed by atoms with Crippen molar-refractivity contribution in [3.8, 4) is 0 Å². The summed E-state index contributed by atoms with van der Waals surface area (Å²) in [5.74, 6) is -0.602. The van der Waals surface area contributed by atoms with Gasteiger partial charge in [0.25, 0.3) is 16.1 Å². The van der Waals surface area contributed by atoms with Gasteiger partial charge in [-0.2, -0.15) is 17.0 Å². The Hall–Kier alpha value is -3.41. The van der Waals surface area contributed by atoms with Gasteiger partial charge in [0, 0.05) is 64.9 Å². The SMILES string of the molecule is CC(=O)C1(c2ccccc2)CCN(c2c(C(=O)N3CCN(S(=O)(=O)N(C)C)CC3)cnc3ccc(F)cc23)CC1. The molecule has 0 atom stereocenters. The molecule has 3 aromatic rings. The Balaban J connectivity index is 1.47. The number of benzene rings is 2. The maximum atomic E-state index is 14.5. The van der Waals surface area contributed by atoms with Gasteiger partial charge in [-0.1, -0.05) is 30.3 Å². The molecule has 2 aliphatic rings. The number of aromatic nitrogens is 1. The van der Waals surface area contributed by atoms with Crippen molar-refractivity contribution in [2.24, 2.45) is 0 Å². The van der Waals surface area contributed by atoms with Crippen LogP contribution in [0.2, 0.25) is 0 Å². The van der Waals surface area contributed by atoms with Gasteiger partial charge >= 0.3 is 0 Å². The molecule has 11 heteroatoms. The third-order valence-electron chi connectivity index (χ3n) is 8.28. The number of hydrogen-bond acceptors (Lipinski definition) is 6. The molecule has 0 radical (unpaired) electrons. The van der Waals surface area contributed by atoms with Crippen LogP contribution in [0.5, 0.6) is 0 Å². The molecule has 1 amide bonds. The fourth-order valence-corrected chi connectivity index (χ4v) is 6.97. The molecule has 0 bridgehead atoms. The van der Waals surface area contributed by atoms with Crippen molar-refractivity contribution in [2.75, 3.05) is 58.3 Å². The lowest BCUT2D eigenvalue weighted by atomic mass is 9.70. The van der Waals surface area contributed by atoms with Gasteiger partial charge in [0.2, 0.25) is 0 Å². The molecule has 0 spiro atoms. The Bertz CT molecular complexity index is 1530. The zero-order chi connectivity index (χ0) is 28.7. The molecule has 0 saturated carbocycles. The Morgan fingerprint density at radius 2 is 1.60 bits per heavy atom. The summed E-state index contributed by atoms with van der Waals surface area (Å²) in [5, 5.41) is 0.537. The molecule has 212 valence electrons. The monoisotopic (exact) mass is 567 g/mol. The molecule has 2 aliphatic heterocycles. The van der Waals surface area contributed by atoms with Gasteiger partial charge in [-0.05, 0) is 43.5 Å². The number of amides is 1. The maximum absolute atomic E-state index is 14.5. The third-order valence-corrected chi connectivity index (χ3v) is 10.2. The number of fused-ring (bicyclic) bond motifs is 1. The topological polar surface area (TPSA) is 94.1 Å². The average Bonchev–Trinajstić information content (AvgIpc) is 2.96. The number of nitrogens with zero attached hydrogens (tertiary/aromatic N) is 5. The minimum atomic E-state index is -3.57. The lowest BCUT2D eigenvalue weighted by molar-refractivity contribution is -0.123. The Morgan fingerprint density at radius 1 is 0.950 bits per heavy atom. The predicted octanol–water partition coefficient (Wildman–Crippen LogP) is 3.07. The van der Waals surface area contributed by atoms with Crippen LogP contribution < -0.4 is 4.90 Å². The molecular weight excluding hydrogens is 533 g/mol. The first kappa shape index (κ1) is 28.1. The molecule has 0 unspecified atom stereocenters. The second kappa shape index (κ2) is 10.9. The molecule has 2 aromatic carbocycles. The average molecular weight is 568 g/mol. The third kappa shape index (κ3) is 4.97. The molecule has 0 aliphatic carbocycles. The second-order valence-corrected chi connectivity index (χ2v) is 12.8. The van der Waals surface area contributed by atoms with Crippen molar-refractivity contribution in [1.29, 1.82) is 0 Å². The maximum Gasteiger partial charge on any atom is 0.281 e. The summed E-state index contributed by atoms with van der Waals surface area (Å²) in [4.78, 5) is 35.0. The van der Waals surface area contributed by atoms with E-state index in [0.29, 0.717) is 48.1 Å². The molecule has 1 aromatic heterocycles. The second-order valence-electron chi connectivity index (χ2n) is 10.7. The molecule has 5 rings (SSSR count). The van der Waals surface area contributed by atoms with Crippen LogP contribution in [-0.4, -0.2) is 92.0 Å². The molecule has 9 nitrogen and oxygen atoms in total. The quantitative estimate of drug-likeness (QED) is 0.455. The highest BCUT2D eigenvalue weighted by Crippen LogP contribution is 2.40. The summed E-state index contributed by atoms with van der Waals surface area (Å²) in [7, 11) is -0.610. The fraction of sp³-hybridized carbons (Fsp3) is 0.414. The van der Waals surface area contributed by atoms with Gasteiger partial charge in [-0.25, -0.2) is 4.39 Å². The molecule has 0 N–H and O–H groups in total. The summed E-state index contributed by atoms with van der Waals surface area (Å²) < 4.78 is 42.1. The molecule has 2 fully saturated rings. The van der Waals surface area contributed by atoms with Crippen LogP contribution >= 0.6 is 0 Å². The first-order chi connectivity index (χ1) is 19.0. The number of anilines is 1. The number of pyridine rings is 1. The van der Waals surface area contributed by atoms with Crippen LogP contribution in [0.1, 0.15) is 35.7 Å². The van der Waals surface area contributed by atoms with Gasteiger partial charge in [-0.3, -0.25) is 14.6 Å². The highest BCUT2D eigenvalue weighted by molar-refractivity contribution is 7.86. The van der Waals surface area contributed by atoms with E-state index in [1.54, 1.807) is 17.9 Å². The van der Waals surface area contributed by atoms with Gasteiger partial charge < -0.3 is 9.80 Å². The number of halogens is 1. The summed E-state index contributed by atoms with van der Waals surface area (Å²) in [5.41, 5.74) is 1.88. The minimum Gasteiger partial charge on any atom is -0.370 e. The van der Waals surface area contributed by atoms with Crippen LogP contribution in [-0.2, 0) is 20.4 Å². The van der Waals surface area contributed by atoms with Gasteiger partial charge in [-0.15, -0.1) is 0 Å². The van der Waals surface area contributed by atoms with Crippen molar-refractivity contribution >= 4 is 38.5 Å². The van der Waals surface area contributed by atoms with Crippen LogP contribution in [0.25, 0.3) is 10.9 Å². The Kier molecular flexibility index (Phi) is 7.64. The van der Waals surface area contributed by atoms with E-state index in [9.17, 15) is 22.4 Å². The Labute approximate surface area is 234 Å². The van der Waals surface area contributed by atoms with E-state index >= 15 is 0 Å². The van der Waals surface area contributed by atoms with E-state index in [1.807, 2.05) is 30.3 Å². The number of hydrogen-bond donors (Lipinski definition) is 0. The van der Waals surface area contributed by atoms with E-state index in [0.717, 1.165) is 9.87 Å². The predicted molar refractivity (Wildman–Crippen MR) is 152 cm³/mol. The summed E-state index contributed by atoms with van der Waals surface area (Å²) >= 11 is 0.